The van der Waals surface area contributed by atoms with Gasteiger partial charge in [-0.25, -0.2) is 9.97 Å². The first-order valence-electron chi connectivity index (χ1n) is 16.1. The number of fused-ring (bicyclic) bond motifs is 3. The molecule has 1 saturated heterocycles. The summed E-state index contributed by atoms with van der Waals surface area (Å²) in [6.45, 7) is 1.97. The summed E-state index contributed by atoms with van der Waals surface area (Å²) in [6.07, 6.45) is 6.41. The molecular weight excluding hydrogens is 623 g/mol. The van der Waals surface area contributed by atoms with Crippen molar-refractivity contribution in [3.8, 4) is 33.4 Å². The van der Waals surface area contributed by atoms with Crippen LogP contribution in [0.1, 0.15) is 36.6 Å². The average molecular weight is 656 g/mol. The van der Waals surface area contributed by atoms with E-state index in [1.54, 1.807) is 7.05 Å². The average Bonchev–Trinajstić information content (AvgIpc) is 3.94. The molecule has 2 aliphatic rings. The van der Waals surface area contributed by atoms with E-state index >= 15 is 0 Å². The standard InChI is InChI=1S/C37H33N7OS2/c1-38-18-33(45)44-15-3-5-32(44)37-41-28-12-10-23(16-30(28)43-37)21-6-8-22(9-7-21)25-19-46-35-26(20-47-34(25)35)24-11-13-27-31(17-24)42-36(40-27)29-4-2-14-39-29/h3,5-13,16-17,19-20,29,32,38-39H,2,4,14-15,18H2,1H3,(H,40,42)(H,41,43). The molecule has 9 rings (SSSR count). The molecule has 0 saturated carbocycles. The van der Waals surface area contributed by atoms with Crippen LogP contribution in [0.25, 0.3) is 64.8 Å². The van der Waals surface area contributed by atoms with Crippen LogP contribution in [0.4, 0.5) is 0 Å². The lowest BCUT2D eigenvalue weighted by atomic mass is 10.0. The number of aromatic amines is 2. The molecule has 47 heavy (non-hydrogen) atoms. The van der Waals surface area contributed by atoms with Crippen LogP contribution in [-0.4, -0.2) is 57.4 Å². The molecular formula is C37H33N7OS2. The number of rotatable bonds is 7. The van der Waals surface area contributed by atoms with Gasteiger partial charge in [0.15, 0.2) is 0 Å². The fraction of sp³-hybridized carbons (Fsp3) is 0.216. The Balaban J connectivity index is 0.968. The first-order valence-corrected chi connectivity index (χ1v) is 17.8. The van der Waals surface area contributed by atoms with Gasteiger partial charge in [0.05, 0.1) is 44.1 Å². The van der Waals surface area contributed by atoms with Crippen LogP contribution in [-0.2, 0) is 4.79 Å². The largest absolute Gasteiger partial charge is 0.341 e. The van der Waals surface area contributed by atoms with Gasteiger partial charge < -0.3 is 25.5 Å². The number of carbonyl (C=O) groups excluding carboxylic acids is 1. The summed E-state index contributed by atoms with van der Waals surface area (Å²) < 4.78 is 2.65. The number of hydrogen-bond acceptors (Lipinski definition) is 7. The van der Waals surface area contributed by atoms with Crippen molar-refractivity contribution in [1.82, 2.24) is 35.5 Å². The molecule has 8 nitrogen and oxygen atoms in total. The number of carbonyl (C=O) groups is 1. The van der Waals surface area contributed by atoms with Gasteiger partial charge in [0, 0.05) is 28.4 Å². The minimum absolute atomic E-state index is 0.0619. The van der Waals surface area contributed by atoms with Gasteiger partial charge >= 0.3 is 0 Å². The minimum Gasteiger partial charge on any atom is -0.341 e. The number of nitrogens with zero attached hydrogens (tertiary/aromatic N) is 3. The van der Waals surface area contributed by atoms with E-state index in [2.05, 4.69) is 92.0 Å². The Labute approximate surface area is 279 Å². The number of hydrogen-bond donors (Lipinski definition) is 4. The number of likely N-dealkylation sites (N-methyl/N-ethyl adjacent to an activating group) is 1. The number of H-pyrrole nitrogens is 2. The zero-order valence-corrected chi connectivity index (χ0v) is 27.5. The molecule has 0 radical (unpaired) electrons. The molecule has 0 aliphatic carbocycles. The molecule has 0 spiro atoms. The second kappa shape index (κ2) is 11.6. The van der Waals surface area contributed by atoms with Crippen LogP contribution < -0.4 is 10.6 Å². The van der Waals surface area contributed by atoms with E-state index in [1.807, 2.05) is 39.7 Å². The molecule has 2 unspecified atom stereocenters. The van der Waals surface area contributed by atoms with Gasteiger partial charge in [-0.15, -0.1) is 22.7 Å². The minimum atomic E-state index is -0.174. The second-order valence-corrected chi connectivity index (χ2v) is 14.1. The van der Waals surface area contributed by atoms with E-state index in [0.29, 0.717) is 19.1 Å². The van der Waals surface area contributed by atoms with Crippen molar-refractivity contribution in [1.29, 1.82) is 0 Å². The summed E-state index contributed by atoms with van der Waals surface area (Å²) in [5, 5.41) is 11.1. The molecule has 234 valence electrons. The van der Waals surface area contributed by atoms with E-state index in [4.69, 9.17) is 9.97 Å². The summed E-state index contributed by atoms with van der Waals surface area (Å²) in [6, 6.07) is 21.9. The van der Waals surface area contributed by atoms with Crippen LogP contribution in [0.2, 0.25) is 0 Å². The maximum absolute atomic E-state index is 12.6. The fourth-order valence-electron chi connectivity index (χ4n) is 6.96. The number of thiophene rings is 2. The summed E-state index contributed by atoms with van der Waals surface area (Å²) in [5.41, 5.74) is 11.3. The Morgan fingerprint density at radius 2 is 1.49 bits per heavy atom. The topological polar surface area (TPSA) is 102 Å². The van der Waals surface area contributed by atoms with Gasteiger partial charge in [-0.3, -0.25) is 4.79 Å². The van der Waals surface area contributed by atoms with Crippen LogP contribution in [0, 0.1) is 0 Å². The van der Waals surface area contributed by atoms with Crippen molar-refractivity contribution in [2.75, 3.05) is 26.7 Å². The Kier molecular flexibility index (Phi) is 7.04. The molecule has 4 aromatic heterocycles. The van der Waals surface area contributed by atoms with Crippen LogP contribution in [0.3, 0.4) is 0 Å². The van der Waals surface area contributed by atoms with E-state index in [0.717, 1.165) is 57.8 Å². The number of benzene rings is 3. The second-order valence-electron chi connectivity index (χ2n) is 12.3. The predicted molar refractivity (Wildman–Crippen MR) is 193 cm³/mol. The summed E-state index contributed by atoms with van der Waals surface area (Å²) in [5.74, 6) is 1.90. The smallest absolute Gasteiger partial charge is 0.237 e. The Hall–Kier alpha value is -4.61. The van der Waals surface area contributed by atoms with E-state index in [1.165, 1.54) is 38.1 Å². The van der Waals surface area contributed by atoms with E-state index < -0.39 is 0 Å². The third-order valence-electron chi connectivity index (χ3n) is 9.40. The predicted octanol–water partition coefficient (Wildman–Crippen LogP) is 7.80. The van der Waals surface area contributed by atoms with Crippen LogP contribution in [0.5, 0.6) is 0 Å². The van der Waals surface area contributed by atoms with E-state index in [-0.39, 0.29) is 11.9 Å². The lowest BCUT2D eigenvalue weighted by molar-refractivity contribution is -0.130. The molecule has 2 atom stereocenters. The van der Waals surface area contributed by atoms with Crippen molar-refractivity contribution in [3.63, 3.8) is 0 Å². The van der Waals surface area contributed by atoms with Crippen LogP contribution in [0.15, 0.2) is 83.6 Å². The summed E-state index contributed by atoms with van der Waals surface area (Å²) in [4.78, 5) is 31.2. The molecule has 7 aromatic rings. The number of aromatic nitrogens is 4. The highest BCUT2D eigenvalue weighted by atomic mass is 32.1. The van der Waals surface area contributed by atoms with Crippen molar-refractivity contribution in [3.05, 3.63) is 95.2 Å². The lowest BCUT2D eigenvalue weighted by Gasteiger charge is -2.22. The third-order valence-corrected chi connectivity index (χ3v) is 11.6. The number of amides is 1. The maximum Gasteiger partial charge on any atom is 0.237 e. The summed E-state index contributed by atoms with van der Waals surface area (Å²) >= 11 is 3.64. The first kappa shape index (κ1) is 28.6. The quantitative estimate of drug-likeness (QED) is 0.131. The molecule has 10 heteroatoms. The third kappa shape index (κ3) is 4.99. The van der Waals surface area contributed by atoms with E-state index in [9.17, 15) is 4.79 Å². The monoisotopic (exact) mass is 655 g/mol. The molecule has 2 aliphatic heterocycles. The zero-order valence-electron chi connectivity index (χ0n) is 25.8. The SMILES string of the molecule is CNCC(=O)N1CC=CC1c1nc2ccc(-c3ccc(-c4csc5c(-c6ccc7nc(C8CCCN8)[nH]c7c6)csc45)cc3)cc2[nH]1. The van der Waals surface area contributed by atoms with Crippen molar-refractivity contribution >= 4 is 60.0 Å². The maximum atomic E-state index is 12.6. The van der Waals surface area contributed by atoms with Gasteiger partial charge in [-0.2, -0.15) is 0 Å². The molecule has 3 aromatic carbocycles. The molecule has 1 amide bonds. The highest BCUT2D eigenvalue weighted by Crippen LogP contribution is 2.44. The highest BCUT2D eigenvalue weighted by Gasteiger charge is 2.28. The van der Waals surface area contributed by atoms with Crippen molar-refractivity contribution in [2.45, 2.75) is 24.9 Å². The fourth-order valence-corrected chi connectivity index (χ4v) is 9.42. The summed E-state index contributed by atoms with van der Waals surface area (Å²) in [7, 11) is 1.79. The number of imidazole rings is 2. The molecule has 1 fully saturated rings. The van der Waals surface area contributed by atoms with Crippen molar-refractivity contribution in [2.24, 2.45) is 0 Å². The molecule has 4 N–H and O–H groups in total. The lowest BCUT2D eigenvalue weighted by Crippen LogP contribution is -2.37. The number of nitrogens with one attached hydrogen (secondary N) is 4. The van der Waals surface area contributed by atoms with Gasteiger partial charge in [-0.05, 0) is 73.0 Å². The molecule has 0 bridgehead atoms. The Morgan fingerprint density at radius 3 is 2.21 bits per heavy atom. The zero-order chi connectivity index (χ0) is 31.5. The molecule has 6 heterocycles. The van der Waals surface area contributed by atoms with Gasteiger partial charge in [0.25, 0.3) is 0 Å². The van der Waals surface area contributed by atoms with Gasteiger partial charge in [0.2, 0.25) is 5.91 Å². The van der Waals surface area contributed by atoms with Crippen LogP contribution >= 0.6 is 22.7 Å². The highest BCUT2D eigenvalue weighted by molar-refractivity contribution is 7.27. The van der Waals surface area contributed by atoms with Gasteiger partial charge in [0.1, 0.15) is 17.7 Å². The first-order chi connectivity index (χ1) is 23.1. The normalized spacial score (nSPS) is 18.0. The van der Waals surface area contributed by atoms with Gasteiger partial charge in [-0.1, -0.05) is 48.6 Å². The Morgan fingerprint density at radius 1 is 0.851 bits per heavy atom. The Bertz CT molecular complexity index is 2300. The van der Waals surface area contributed by atoms with Crippen molar-refractivity contribution < 1.29 is 4.79 Å².